The summed E-state index contributed by atoms with van der Waals surface area (Å²) in [5.74, 6) is 1.09. The number of para-hydroxylation sites is 1. The molecule has 0 atom stereocenters. The van der Waals surface area contributed by atoms with E-state index in [2.05, 4.69) is 20.3 Å². The summed E-state index contributed by atoms with van der Waals surface area (Å²) >= 11 is 0. The molecule has 28 heavy (non-hydrogen) atoms. The Labute approximate surface area is 164 Å². The highest BCUT2D eigenvalue weighted by atomic mass is 16.5. The topological polar surface area (TPSA) is 80.2 Å². The molecule has 7 nitrogen and oxygen atoms in total. The first kappa shape index (κ1) is 19.3. The number of nitrogens with zero attached hydrogens (tertiary/aromatic N) is 4. The number of benzene rings is 1. The van der Waals surface area contributed by atoms with Crippen molar-refractivity contribution in [1.29, 1.82) is 0 Å². The largest absolute Gasteiger partial charge is 0.496 e. The van der Waals surface area contributed by atoms with Crippen LogP contribution in [0.25, 0.3) is 0 Å². The molecule has 0 radical (unpaired) electrons. The van der Waals surface area contributed by atoms with Crippen LogP contribution in [0.4, 0.5) is 5.95 Å². The molecule has 0 aliphatic rings. The van der Waals surface area contributed by atoms with Crippen molar-refractivity contribution >= 4 is 11.9 Å². The monoisotopic (exact) mass is 377 g/mol. The Hall–Kier alpha value is -3.48. The Balaban J connectivity index is 1.55. The van der Waals surface area contributed by atoms with Gasteiger partial charge in [0.1, 0.15) is 5.75 Å². The summed E-state index contributed by atoms with van der Waals surface area (Å²) in [4.78, 5) is 27.0. The Morgan fingerprint density at radius 2 is 1.82 bits per heavy atom. The molecule has 1 amide bonds. The van der Waals surface area contributed by atoms with Crippen LogP contribution >= 0.6 is 0 Å². The molecule has 3 rings (SSSR count). The average Bonchev–Trinajstić information content (AvgIpc) is 2.76. The maximum Gasteiger partial charge on any atom is 0.254 e. The van der Waals surface area contributed by atoms with Gasteiger partial charge in [0.05, 0.1) is 12.7 Å². The molecule has 1 aromatic carbocycles. The summed E-state index contributed by atoms with van der Waals surface area (Å²) in [5, 5.41) is 2.87. The van der Waals surface area contributed by atoms with E-state index in [9.17, 15) is 4.79 Å². The smallest absolute Gasteiger partial charge is 0.254 e. The summed E-state index contributed by atoms with van der Waals surface area (Å²) < 4.78 is 5.30. The van der Waals surface area contributed by atoms with Gasteiger partial charge in [0, 0.05) is 50.5 Å². The minimum Gasteiger partial charge on any atom is -0.496 e. The van der Waals surface area contributed by atoms with Crippen molar-refractivity contribution < 1.29 is 9.53 Å². The number of methoxy groups -OCH3 is 1. The lowest BCUT2D eigenvalue weighted by atomic mass is 10.2. The van der Waals surface area contributed by atoms with E-state index in [0.717, 1.165) is 24.3 Å². The maximum absolute atomic E-state index is 12.4. The van der Waals surface area contributed by atoms with Crippen molar-refractivity contribution in [2.24, 2.45) is 0 Å². The summed E-state index contributed by atoms with van der Waals surface area (Å²) in [6.45, 7) is 1.14. The van der Waals surface area contributed by atoms with Gasteiger partial charge in [-0.05, 0) is 30.2 Å². The molecule has 144 valence electrons. The Bertz CT molecular complexity index is 900. The van der Waals surface area contributed by atoms with E-state index < -0.39 is 0 Å². The molecule has 0 bridgehead atoms. The van der Waals surface area contributed by atoms with Gasteiger partial charge in [-0.3, -0.25) is 9.78 Å². The normalized spacial score (nSPS) is 10.4. The summed E-state index contributed by atoms with van der Waals surface area (Å²) in [5.41, 5.74) is 2.53. The highest BCUT2D eigenvalue weighted by Gasteiger charge is 2.10. The fraction of sp³-hybridized carbons (Fsp3) is 0.238. The van der Waals surface area contributed by atoms with E-state index in [1.165, 1.54) is 5.56 Å². The van der Waals surface area contributed by atoms with E-state index in [1.54, 1.807) is 31.9 Å². The van der Waals surface area contributed by atoms with Crippen LogP contribution in [0.15, 0.2) is 61.2 Å². The number of ether oxygens (including phenoxy) is 1. The van der Waals surface area contributed by atoms with Gasteiger partial charge in [-0.2, -0.15) is 0 Å². The SMILES string of the molecule is COc1ccccc1CNC(=O)c1cnc(N(C)CCc2ccncc2)nc1. The van der Waals surface area contributed by atoms with Crippen molar-refractivity contribution in [3.05, 3.63) is 77.9 Å². The molecule has 0 saturated heterocycles. The molecule has 3 aromatic rings. The van der Waals surface area contributed by atoms with E-state index in [-0.39, 0.29) is 5.91 Å². The van der Waals surface area contributed by atoms with Crippen LogP contribution in [-0.4, -0.2) is 41.6 Å². The Morgan fingerprint density at radius 1 is 1.11 bits per heavy atom. The van der Waals surface area contributed by atoms with Gasteiger partial charge in [0.15, 0.2) is 0 Å². The predicted octanol–water partition coefficient (Wildman–Crippen LogP) is 2.49. The third kappa shape index (κ3) is 5.03. The molecule has 1 N–H and O–H groups in total. The van der Waals surface area contributed by atoms with Gasteiger partial charge in [0.2, 0.25) is 5.95 Å². The molecular weight excluding hydrogens is 354 g/mol. The number of aromatic nitrogens is 3. The quantitative estimate of drug-likeness (QED) is 0.650. The van der Waals surface area contributed by atoms with Crippen LogP contribution in [0.3, 0.4) is 0 Å². The van der Waals surface area contributed by atoms with Gasteiger partial charge >= 0.3 is 0 Å². The molecule has 0 unspecified atom stereocenters. The fourth-order valence-electron chi connectivity index (χ4n) is 2.71. The number of rotatable bonds is 8. The first-order valence-electron chi connectivity index (χ1n) is 8.99. The minimum absolute atomic E-state index is 0.225. The number of likely N-dealkylation sites (N-methyl/N-ethyl adjacent to an activating group) is 1. The zero-order valence-electron chi connectivity index (χ0n) is 16.0. The number of nitrogens with one attached hydrogen (secondary N) is 1. The van der Waals surface area contributed by atoms with Gasteiger partial charge in [-0.15, -0.1) is 0 Å². The molecule has 0 spiro atoms. The third-order valence-electron chi connectivity index (χ3n) is 4.36. The number of hydrogen-bond donors (Lipinski definition) is 1. The van der Waals surface area contributed by atoms with Gasteiger partial charge in [0.25, 0.3) is 5.91 Å². The zero-order chi connectivity index (χ0) is 19.8. The number of pyridine rings is 1. The maximum atomic E-state index is 12.4. The summed E-state index contributed by atoms with van der Waals surface area (Å²) in [6.07, 6.45) is 7.52. The number of hydrogen-bond acceptors (Lipinski definition) is 6. The minimum atomic E-state index is -0.225. The zero-order valence-corrected chi connectivity index (χ0v) is 16.0. The second-order valence-corrected chi connectivity index (χ2v) is 6.29. The first-order valence-corrected chi connectivity index (χ1v) is 8.99. The Kier molecular flexibility index (Phi) is 6.51. The van der Waals surface area contributed by atoms with Crippen molar-refractivity contribution in [1.82, 2.24) is 20.3 Å². The van der Waals surface area contributed by atoms with Crippen LogP contribution in [0.5, 0.6) is 5.75 Å². The average molecular weight is 377 g/mol. The second-order valence-electron chi connectivity index (χ2n) is 6.29. The third-order valence-corrected chi connectivity index (χ3v) is 4.36. The van der Waals surface area contributed by atoms with Gasteiger partial charge < -0.3 is 15.0 Å². The van der Waals surface area contributed by atoms with Crippen molar-refractivity contribution in [3.8, 4) is 5.75 Å². The standard InChI is InChI=1S/C21H23N5O2/c1-26(12-9-16-7-10-22-11-8-16)21-24-14-18(15-25-21)20(27)23-13-17-5-3-4-6-19(17)28-2/h3-8,10-11,14-15H,9,12-13H2,1-2H3,(H,23,27). The Morgan fingerprint density at radius 3 is 2.54 bits per heavy atom. The van der Waals surface area contributed by atoms with E-state index in [4.69, 9.17) is 4.74 Å². The number of carbonyl (C=O) groups is 1. The lowest BCUT2D eigenvalue weighted by molar-refractivity contribution is 0.0950. The molecule has 2 heterocycles. The highest BCUT2D eigenvalue weighted by Crippen LogP contribution is 2.17. The van der Waals surface area contributed by atoms with Gasteiger partial charge in [-0.1, -0.05) is 18.2 Å². The molecular formula is C21H23N5O2. The van der Waals surface area contributed by atoms with E-state index >= 15 is 0 Å². The lowest BCUT2D eigenvalue weighted by Gasteiger charge is -2.17. The van der Waals surface area contributed by atoms with Crippen molar-refractivity contribution in [2.45, 2.75) is 13.0 Å². The van der Waals surface area contributed by atoms with Crippen LogP contribution in [0.1, 0.15) is 21.5 Å². The van der Waals surface area contributed by atoms with Gasteiger partial charge in [-0.25, -0.2) is 9.97 Å². The molecule has 0 aliphatic carbocycles. The van der Waals surface area contributed by atoms with E-state index in [1.807, 2.05) is 48.3 Å². The number of anilines is 1. The molecule has 2 aromatic heterocycles. The molecule has 0 aliphatic heterocycles. The molecule has 0 saturated carbocycles. The highest BCUT2D eigenvalue weighted by molar-refractivity contribution is 5.93. The van der Waals surface area contributed by atoms with Crippen LogP contribution in [-0.2, 0) is 13.0 Å². The second kappa shape index (κ2) is 9.45. The number of amides is 1. The molecule has 0 fully saturated rings. The predicted molar refractivity (Wildman–Crippen MR) is 107 cm³/mol. The van der Waals surface area contributed by atoms with Crippen LogP contribution in [0, 0.1) is 0 Å². The number of carbonyl (C=O) groups excluding carboxylic acids is 1. The van der Waals surface area contributed by atoms with Crippen LogP contribution < -0.4 is 15.0 Å². The fourth-order valence-corrected chi connectivity index (χ4v) is 2.71. The molecule has 7 heteroatoms. The van der Waals surface area contributed by atoms with E-state index in [0.29, 0.717) is 18.1 Å². The lowest BCUT2D eigenvalue weighted by Crippen LogP contribution is -2.25. The first-order chi connectivity index (χ1) is 13.7. The van der Waals surface area contributed by atoms with Crippen molar-refractivity contribution in [2.75, 3.05) is 25.6 Å². The van der Waals surface area contributed by atoms with Crippen LogP contribution in [0.2, 0.25) is 0 Å². The van der Waals surface area contributed by atoms with Crippen molar-refractivity contribution in [3.63, 3.8) is 0 Å². The summed E-state index contributed by atoms with van der Waals surface area (Å²) in [6, 6.07) is 11.6. The summed E-state index contributed by atoms with van der Waals surface area (Å²) in [7, 11) is 3.54.